The minimum Gasteiger partial charge on any atom is -0.352 e. The van der Waals surface area contributed by atoms with Gasteiger partial charge in [0.25, 0.3) is 0 Å². The van der Waals surface area contributed by atoms with E-state index in [0.29, 0.717) is 24.5 Å². The highest BCUT2D eigenvalue weighted by molar-refractivity contribution is 7.89. The van der Waals surface area contributed by atoms with Crippen molar-refractivity contribution in [1.29, 1.82) is 0 Å². The first-order valence-corrected chi connectivity index (χ1v) is 13.1. The molecule has 6 nitrogen and oxygen atoms in total. The van der Waals surface area contributed by atoms with Crippen LogP contribution in [0, 0.1) is 6.92 Å². The van der Waals surface area contributed by atoms with Crippen molar-refractivity contribution >= 4 is 27.3 Å². The van der Waals surface area contributed by atoms with Crippen molar-refractivity contribution in [3.05, 3.63) is 70.7 Å². The molecule has 0 aliphatic carbocycles. The van der Waals surface area contributed by atoms with Crippen molar-refractivity contribution in [3.8, 4) is 10.6 Å². The van der Waals surface area contributed by atoms with Gasteiger partial charge in [-0.25, -0.2) is 13.4 Å². The Morgan fingerprint density at radius 1 is 1.03 bits per heavy atom. The zero-order chi connectivity index (χ0) is 22.6. The zero-order valence-corrected chi connectivity index (χ0v) is 19.7. The average molecular weight is 470 g/mol. The van der Waals surface area contributed by atoms with E-state index in [4.69, 9.17) is 0 Å². The van der Waals surface area contributed by atoms with E-state index in [2.05, 4.69) is 10.3 Å². The van der Waals surface area contributed by atoms with Crippen molar-refractivity contribution in [1.82, 2.24) is 14.6 Å². The third-order valence-electron chi connectivity index (χ3n) is 5.56. The van der Waals surface area contributed by atoms with Crippen molar-refractivity contribution in [3.63, 3.8) is 0 Å². The van der Waals surface area contributed by atoms with E-state index in [0.717, 1.165) is 41.1 Å². The topological polar surface area (TPSA) is 79.4 Å². The van der Waals surface area contributed by atoms with E-state index in [1.807, 2.05) is 36.6 Å². The van der Waals surface area contributed by atoms with Gasteiger partial charge in [0.15, 0.2) is 0 Å². The molecule has 2 heterocycles. The molecule has 1 fully saturated rings. The highest BCUT2D eigenvalue weighted by Crippen LogP contribution is 2.24. The lowest BCUT2D eigenvalue weighted by atomic mass is 10.2. The number of piperidine rings is 1. The summed E-state index contributed by atoms with van der Waals surface area (Å²) in [7, 11) is -3.43. The fourth-order valence-electron chi connectivity index (χ4n) is 3.68. The molecule has 168 valence electrons. The van der Waals surface area contributed by atoms with E-state index in [1.165, 1.54) is 16.9 Å². The number of hydrogen-bond acceptors (Lipinski definition) is 5. The Bertz CT molecular complexity index is 1160. The molecule has 8 heteroatoms. The fraction of sp³-hybridized carbons (Fsp3) is 0.333. The van der Waals surface area contributed by atoms with Gasteiger partial charge in [0.05, 0.1) is 17.0 Å². The molecule has 0 radical (unpaired) electrons. The van der Waals surface area contributed by atoms with Gasteiger partial charge >= 0.3 is 0 Å². The lowest BCUT2D eigenvalue weighted by Crippen LogP contribution is -2.35. The van der Waals surface area contributed by atoms with Gasteiger partial charge in [-0.1, -0.05) is 48.4 Å². The van der Waals surface area contributed by atoms with Gasteiger partial charge in [0, 0.05) is 30.6 Å². The van der Waals surface area contributed by atoms with Crippen LogP contribution in [-0.4, -0.2) is 36.7 Å². The van der Waals surface area contributed by atoms with Crippen molar-refractivity contribution in [2.45, 2.75) is 44.0 Å². The monoisotopic (exact) mass is 469 g/mol. The molecule has 0 spiro atoms. The molecule has 4 rings (SSSR count). The molecule has 3 aromatic rings. The number of amides is 1. The third kappa shape index (κ3) is 5.43. The van der Waals surface area contributed by atoms with Crippen LogP contribution in [0.2, 0.25) is 0 Å². The molecule has 32 heavy (non-hydrogen) atoms. The number of hydrogen-bond donors (Lipinski definition) is 1. The van der Waals surface area contributed by atoms with Crippen molar-refractivity contribution in [2.24, 2.45) is 0 Å². The summed E-state index contributed by atoms with van der Waals surface area (Å²) in [6.45, 7) is 3.56. The molecule has 0 saturated carbocycles. The third-order valence-corrected chi connectivity index (χ3v) is 8.41. The molecule has 1 aliphatic rings. The minimum atomic E-state index is -3.43. The van der Waals surface area contributed by atoms with Gasteiger partial charge in [-0.15, -0.1) is 11.3 Å². The predicted molar refractivity (Wildman–Crippen MR) is 127 cm³/mol. The van der Waals surface area contributed by atoms with Crippen LogP contribution in [0.5, 0.6) is 0 Å². The minimum absolute atomic E-state index is 0.115. The SMILES string of the molecule is Cc1ccc(-c2nc(CC(=O)NCc3ccc(S(=O)(=O)N4CCCCC4)cc3)cs2)cc1. The number of carbonyl (C=O) groups excluding carboxylic acids is 1. The maximum Gasteiger partial charge on any atom is 0.243 e. The van der Waals surface area contributed by atoms with Crippen LogP contribution in [0.1, 0.15) is 36.1 Å². The van der Waals surface area contributed by atoms with Crippen molar-refractivity contribution in [2.75, 3.05) is 13.1 Å². The van der Waals surface area contributed by atoms with Gasteiger partial charge in [-0.3, -0.25) is 4.79 Å². The first kappa shape index (κ1) is 22.6. The standard InChI is InChI=1S/C24H27N3O3S2/c1-18-5-9-20(10-6-18)24-26-21(17-31-24)15-23(28)25-16-19-7-11-22(12-8-19)32(29,30)27-13-3-2-4-14-27/h5-12,17H,2-4,13-16H2,1H3,(H,25,28). The van der Waals surface area contributed by atoms with Crippen LogP contribution < -0.4 is 5.32 Å². The van der Waals surface area contributed by atoms with Crippen LogP contribution in [0.4, 0.5) is 0 Å². The first-order chi connectivity index (χ1) is 15.4. The van der Waals surface area contributed by atoms with Gasteiger partial charge in [0.2, 0.25) is 15.9 Å². The number of aryl methyl sites for hydroxylation is 1. The summed E-state index contributed by atoms with van der Waals surface area (Å²) in [5.74, 6) is -0.115. The van der Waals surface area contributed by atoms with Crippen LogP contribution in [0.3, 0.4) is 0 Å². The number of nitrogens with one attached hydrogen (secondary N) is 1. The van der Waals surface area contributed by atoms with Crippen LogP contribution >= 0.6 is 11.3 Å². The number of carbonyl (C=O) groups is 1. The van der Waals surface area contributed by atoms with E-state index >= 15 is 0 Å². The molecule has 0 bridgehead atoms. The molecule has 0 atom stereocenters. The van der Waals surface area contributed by atoms with Crippen LogP contribution in [-0.2, 0) is 27.8 Å². The number of thiazole rings is 1. The molecular formula is C24H27N3O3S2. The fourth-order valence-corrected chi connectivity index (χ4v) is 6.02. The maximum atomic E-state index is 12.7. The predicted octanol–water partition coefficient (Wildman–Crippen LogP) is 4.15. The number of benzene rings is 2. The van der Waals surface area contributed by atoms with Crippen LogP contribution in [0.25, 0.3) is 10.6 Å². The second kappa shape index (κ2) is 9.94. The summed E-state index contributed by atoms with van der Waals surface area (Å²) in [4.78, 5) is 17.2. The summed E-state index contributed by atoms with van der Waals surface area (Å²) in [6, 6.07) is 14.9. The normalized spacial score (nSPS) is 14.9. The summed E-state index contributed by atoms with van der Waals surface area (Å²) >= 11 is 1.53. The smallest absolute Gasteiger partial charge is 0.243 e. The highest BCUT2D eigenvalue weighted by Gasteiger charge is 2.25. The summed E-state index contributed by atoms with van der Waals surface area (Å²) in [5.41, 5.74) is 3.84. The van der Waals surface area contributed by atoms with Crippen molar-refractivity contribution < 1.29 is 13.2 Å². The Labute approximate surface area is 193 Å². The zero-order valence-electron chi connectivity index (χ0n) is 18.1. The number of aromatic nitrogens is 1. The largest absolute Gasteiger partial charge is 0.352 e. The number of nitrogens with zero attached hydrogens (tertiary/aromatic N) is 2. The Hall–Kier alpha value is -2.55. The Kier molecular flexibility index (Phi) is 7.03. The molecule has 0 unspecified atom stereocenters. The van der Waals surface area contributed by atoms with Crippen LogP contribution in [0.15, 0.2) is 58.8 Å². The lowest BCUT2D eigenvalue weighted by Gasteiger charge is -2.25. The Morgan fingerprint density at radius 2 is 1.72 bits per heavy atom. The van der Waals surface area contributed by atoms with Gasteiger partial charge in [0.1, 0.15) is 5.01 Å². The molecule has 1 amide bonds. The number of rotatable bonds is 7. The molecular weight excluding hydrogens is 442 g/mol. The highest BCUT2D eigenvalue weighted by atomic mass is 32.2. The molecule has 1 saturated heterocycles. The second-order valence-electron chi connectivity index (χ2n) is 8.07. The Balaban J connectivity index is 1.31. The van der Waals surface area contributed by atoms with E-state index in [1.54, 1.807) is 28.6 Å². The molecule has 1 N–H and O–H groups in total. The Morgan fingerprint density at radius 3 is 2.41 bits per heavy atom. The van der Waals surface area contributed by atoms with Gasteiger partial charge in [-0.05, 0) is 37.5 Å². The molecule has 2 aromatic carbocycles. The lowest BCUT2D eigenvalue weighted by molar-refractivity contribution is -0.120. The summed E-state index contributed by atoms with van der Waals surface area (Å²) in [6.07, 6.45) is 3.12. The van der Waals surface area contributed by atoms with E-state index in [-0.39, 0.29) is 12.3 Å². The molecule has 1 aromatic heterocycles. The summed E-state index contributed by atoms with van der Waals surface area (Å²) in [5, 5.41) is 5.70. The van der Waals surface area contributed by atoms with E-state index < -0.39 is 10.0 Å². The quantitative estimate of drug-likeness (QED) is 0.564. The van der Waals surface area contributed by atoms with Gasteiger partial charge < -0.3 is 5.32 Å². The first-order valence-electron chi connectivity index (χ1n) is 10.8. The molecule has 1 aliphatic heterocycles. The van der Waals surface area contributed by atoms with E-state index in [9.17, 15) is 13.2 Å². The second-order valence-corrected chi connectivity index (χ2v) is 10.9. The average Bonchev–Trinajstić information content (AvgIpc) is 3.27. The van der Waals surface area contributed by atoms with Gasteiger partial charge in [-0.2, -0.15) is 4.31 Å². The number of sulfonamides is 1. The summed E-state index contributed by atoms with van der Waals surface area (Å²) < 4.78 is 27.0. The maximum absolute atomic E-state index is 12.7.